The number of ether oxygens (including phenoxy) is 1. The Morgan fingerprint density at radius 3 is 1.78 bits per heavy atom. The second kappa shape index (κ2) is 9.91. The number of carbonyl (C=O) groups is 1. The minimum Gasteiger partial charge on any atom is -0.497 e. The van der Waals surface area contributed by atoms with Crippen molar-refractivity contribution in [2.24, 2.45) is 0 Å². The Morgan fingerprint density at radius 2 is 1.26 bits per heavy atom. The van der Waals surface area contributed by atoms with Gasteiger partial charge in [-0.25, -0.2) is 0 Å². The van der Waals surface area contributed by atoms with Gasteiger partial charge in [0.05, 0.1) is 7.11 Å². The number of hydrogen-bond donors (Lipinski definition) is 0. The van der Waals surface area contributed by atoms with Crippen molar-refractivity contribution >= 4 is 18.2 Å². The highest BCUT2D eigenvalue weighted by Gasteiger charge is 2.09. The smallest absolute Gasteiger partial charge is 0.193 e. The molecule has 3 aromatic carbocycles. The van der Waals surface area contributed by atoms with Crippen molar-refractivity contribution in [3.8, 4) is 5.75 Å². The van der Waals surface area contributed by atoms with Crippen LogP contribution in [0.25, 0.3) is 0 Å². The SMILES string of the molecule is COc1ccc(C(=O)c2ccc(CN(C)Cc3ccccc3)cc2)cc1.Cl. The summed E-state index contributed by atoms with van der Waals surface area (Å²) >= 11 is 0. The number of benzene rings is 3. The first-order valence-corrected chi connectivity index (χ1v) is 8.66. The number of rotatable bonds is 7. The molecule has 0 aromatic heterocycles. The molecule has 140 valence electrons. The van der Waals surface area contributed by atoms with Gasteiger partial charge in [0.15, 0.2) is 5.78 Å². The van der Waals surface area contributed by atoms with E-state index in [1.54, 1.807) is 31.4 Å². The van der Waals surface area contributed by atoms with E-state index in [4.69, 9.17) is 4.74 Å². The predicted molar refractivity (Wildman–Crippen MR) is 112 cm³/mol. The third kappa shape index (κ3) is 5.68. The van der Waals surface area contributed by atoms with Crippen molar-refractivity contribution in [2.45, 2.75) is 13.1 Å². The average molecular weight is 382 g/mol. The Bertz CT molecular complexity index is 846. The molecule has 0 saturated carbocycles. The molecule has 0 amide bonds. The summed E-state index contributed by atoms with van der Waals surface area (Å²) in [5.41, 5.74) is 3.85. The lowest BCUT2D eigenvalue weighted by molar-refractivity contribution is 0.103. The first kappa shape index (κ1) is 20.7. The summed E-state index contributed by atoms with van der Waals surface area (Å²) in [4.78, 5) is 14.8. The maximum absolute atomic E-state index is 12.6. The van der Waals surface area contributed by atoms with Crippen molar-refractivity contribution < 1.29 is 9.53 Å². The standard InChI is InChI=1S/C23H23NO2.ClH/c1-24(16-18-6-4-3-5-7-18)17-19-8-10-20(11-9-19)23(25)21-12-14-22(26-2)15-13-21;/h3-15H,16-17H2,1-2H3;1H. The molecule has 0 unspecified atom stereocenters. The van der Waals surface area contributed by atoms with Gasteiger partial charge in [0, 0.05) is 24.2 Å². The highest BCUT2D eigenvalue weighted by molar-refractivity contribution is 6.09. The number of methoxy groups -OCH3 is 1. The topological polar surface area (TPSA) is 29.5 Å². The van der Waals surface area contributed by atoms with Crippen LogP contribution in [-0.4, -0.2) is 24.8 Å². The molecule has 0 bridgehead atoms. The van der Waals surface area contributed by atoms with Crippen LogP contribution in [0.2, 0.25) is 0 Å². The van der Waals surface area contributed by atoms with Crippen LogP contribution in [0, 0.1) is 0 Å². The first-order valence-electron chi connectivity index (χ1n) is 8.66. The van der Waals surface area contributed by atoms with E-state index in [0.29, 0.717) is 11.1 Å². The molecule has 0 heterocycles. The molecule has 0 N–H and O–H groups in total. The normalized spacial score (nSPS) is 10.3. The number of halogens is 1. The monoisotopic (exact) mass is 381 g/mol. The quantitative estimate of drug-likeness (QED) is 0.540. The fourth-order valence-corrected chi connectivity index (χ4v) is 2.93. The molecule has 0 saturated heterocycles. The highest BCUT2D eigenvalue weighted by Crippen LogP contribution is 2.16. The Morgan fingerprint density at radius 1 is 0.778 bits per heavy atom. The fourth-order valence-electron chi connectivity index (χ4n) is 2.93. The zero-order chi connectivity index (χ0) is 18.4. The summed E-state index contributed by atoms with van der Waals surface area (Å²) in [7, 11) is 3.72. The van der Waals surface area contributed by atoms with Crippen molar-refractivity contribution in [2.75, 3.05) is 14.2 Å². The lowest BCUT2D eigenvalue weighted by Crippen LogP contribution is -2.17. The minimum absolute atomic E-state index is 0. The summed E-state index contributed by atoms with van der Waals surface area (Å²) in [6.45, 7) is 1.74. The fraction of sp³-hybridized carbons (Fsp3) is 0.174. The van der Waals surface area contributed by atoms with E-state index in [9.17, 15) is 4.79 Å². The van der Waals surface area contributed by atoms with Crippen molar-refractivity contribution in [1.29, 1.82) is 0 Å². The van der Waals surface area contributed by atoms with Gasteiger partial charge >= 0.3 is 0 Å². The van der Waals surface area contributed by atoms with Gasteiger partial charge in [-0.1, -0.05) is 54.6 Å². The molecule has 3 rings (SSSR count). The van der Waals surface area contributed by atoms with E-state index in [2.05, 4.69) is 36.2 Å². The summed E-state index contributed by atoms with van der Waals surface area (Å²) in [6.07, 6.45) is 0. The Balaban J connectivity index is 0.00000261. The molecule has 0 aliphatic rings. The largest absolute Gasteiger partial charge is 0.497 e. The van der Waals surface area contributed by atoms with Crippen molar-refractivity contribution in [3.63, 3.8) is 0 Å². The average Bonchev–Trinajstić information content (AvgIpc) is 2.69. The number of hydrogen-bond acceptors (Lipinski definition) is 3. The van der Waals surface area contributed by atoms with Gasteiger partial charge in [0.2, 0.25) is 0 Å². The van der Waals surface area contributed by atoms with Gasteiger partial charge < -0.3 is 4.74 Å². The zero-order valence-electron chi connectivity index (χ0n) is 15.6. The van der Waals surface area contributed by atoms with Crippen LogP contribution in [0.3, 0.4) is 0 Å². The lowest BCUT2D eigenvalue weighted by Gasteiger charge is -2.17. The molecule has 0 aliphatic heterocycles. The molecule has 0 fully saturated rings. The zero-order valence-corrected chi connectivity index (χ0v) is 16.4. The second-order valence-electron chi connectivity index (χ2n) is 6.41. The van der Waals surface area contributed by atoms with Gasteiger partial charge in [0.25, 0.3) is 0 Å². The maximum atomic E-state index is 12.6. The molecule has 0 radical (unpaired) electrons. The van der Waals surface area contributed by atoms with E-state index >= 15 is 0 Å². The Kier molecular flexibility index (Phi) is 7.59. The third-order valence-electron chi connectivity index (χ3n) is 4.32. The molecule has 0 spiro atoms. The summed E-state index contributed by atoms with van der Waals surface area (Å²) in [5.74, 6) is 0.773. The highest BCUT2D eigenvalue weighted by atomic mass is 35.5. The molecular formula is C23H24ClNO2. The van der Waals surface area contributed by atoms with E-state index < -0.39 is 0 Å². The first-order chi connectivity index (χ1) is 12.7. The van der Waals surface area contributed by atoms with Crippen LogP contribution in [-0.2, 0) is 13.1 Å². The van der Waals surface area contributed by atoms with E-state index in [1.807, 2.05) is 30.3 Å². The number of nitrogens with zero attached hydrogens (tertiary/aromatic N) is 1. The molecule has 27 heavy (non-hydrogen) atoms. The lowest BCUT2D eigenvalue weighted by atomic mass is 10.0. The van der Waals surface area contributed by atoms with Crippen LogP contribution in [0.5, 0.6) is 5.75 Å². The van der Waals surface area contributed by atoms with Gasteiger partial charge in [-0.2, -0.15) is 0 Å². The maximum Gasteiger partial charge on any atom is 0.193 e. The van der Waals surface area contributed by atoms with Gasteiger partial charge in [-0.15, -0.1) is 12.4 Å². The minimum atomic E-state index is 0. The molecule has 3 nitrogen and oxygen atoms in total. The Labute approximate surface area is 167 Å². The van der Waals surface area contributed by atoms with Crippen LogP contribution >= 0.6 is 12.4 Å². The number of carbonyl (C=O) groups excluding carboxylic acids is 1. The number of ketones is 1. The van der Waals surface area contributed by atoms with Gasteiger partial charge in [-0.3, -0.25) is 9.69 Å². The van der Waals surface area contributed by atoms with Crippen LogP contribution < -0.4 is 4.74 Å². The van der Waals surface area contributed by atoms with Crippen LogP contribution in [0.4, 0.5) is 0 Å². The summed E-state index contributed by atoms with van der Waals surface area (Å²) < 4.78 is 5.13. The van der Waals surface area contributed by atoms with Crippen LogP contribution in [0.1, 0.15) is 27.0 Å². The summed E-state index contributed by atoms with van der Waals surface area (Å²) in [5, 5.41) is 0. The van der Waals surface area contributed by atoms with E-state index in [1.165, 1.54) is 11.1 Å². The molecule has 0 atom stereocenters. The van der Waals surface area contributed by atoms with Crippen molar-refractivity contribution in [3.05, 3.63) is 101 Å². The van der Waals surface area contributed by atoms with Crippen LogP contribution in [0.15, 0.2) is 78.9 Å². The third-order valence-corrected chi connectivity index (χ3v) is 4.32. The summed E-state index contributed by atoms with van der Waals surface area (Å²) in [6, 6.07) is 25.5. The molecular weight excluding hydrogens is 358 g/mol. The Hall–Kier alpha value is -2.62. The second-order valence-corrected chi connectivity index (χ2v) is 6.41. The van der Waals surface area contributed by atoms with Gasteiger partial charge in [0.1, 0.15) is 5.75 Å². The molecule has 3 aromatic rings. The van der Waals surface area contributed by atoms with E-state index in [-0.39, 0.29) is 18.2 Å². The van der Waals surface area contributed by atoms with Crippen molar-refractivity contribution in [1.82, 2.24) is 4.90 Å². The van der Waals surface area contributed by atoms with Gasteiger partial charge in [-0.05, 0) is 42.4 Å². The molecule has 0 aliphatic carbocycles. The molecule has 4 heteroatoms. The predicted octanol–water partition coefficient (Wildman–Crippen LogP) is 4.98. The van der Waals surface area contributed by atoms with E-state index in [0.717, 1.165) is 18.8 Å².